The maximum atomic E-state index is 3.41. The van der Waals surface area contributed by atoms with Crippen molar-refractivity contribution in [2.45, 2.75) is 59.6 Å². The number of halogens is 2. The molecule has 0 amide bonds. The van der Waals surface area contributed by atoms with Crippen molar-refractivity contribution in [3.05, 3.63) is 148 Å². The summed E-state index contributed by atoms with van der Waals surface area (Å²) in [5, 5.41) is 8.90. The van der Waals surface area contributed by atoms with E-state index in [1.54, 1.807) is 10.4 Å². The third-order valence-electron chi connectivity index (χ3n) is 7.70. The third-order valence-corrected chi connectivity index (χ3v) is 13.7. The molecule has 0 heterocycles. The van der Waals surface area contributed by atoms with Crippen LogP contribution in [-0.4, -0.2) is 19.4 Å². The average Bonchev–Trinajstić information content (AvgIpc) is 3.59. The summed E-state index contributed by atoms with van der Waals surface area (Å²) in [5.74, 6) is 0. The number of allylic oxidation sites excluding steroid dienone is 4. The summed E-state index contributed by atoms with van der Waals surface area (Å²) in [4.78, 5) is 0. The number of fused-ring (bicyclic) bond motifs is 3. The second-order valence-electron chi connectivity index (χ2n) is 13.4. The second kappa shape index (κ2) is 16.5. The standard InChI is InChI=1S/C15H13.C13H10.C11H21Si2.2ClH.Zr/c1-10-3-5-14-12(7-10)9-13-8-11(2)4-6-15(13)14;1-3-7-12(8-4-1)11-13-9-5-2-6-10-13;1-12(2,3)10-8-7-9-11(10)13(4,5)6;;;/h3-9H,1-2H3;1-10H;8H,9H2,1-6H3;2*1H;/q-1;;-1;;;+2/p-2. The molecule has 0 saturated carbocycles. The van der Waals surface area contributed by atoms with Gasteiger partial charge in [0.2, 0.25) is 0 Å². The number of aryl methyl sites for hydroxylation is 2. The Balaban J connectivity index is 0.000000226. The Hall–Kier alpha value is -2.00. The minimum absolute atomic E-state index is 0. The number of hydrogen-bond donors (Lipinski definition) is 0. The number of rotatable bonds is 4. The first-order chi connectivity index (χ1) is 19.8. The molecule has 0 nitrogen and oxygen atoms in total. The summed E-state index contributed by atoms with van der Waals surface area (Å²) in [6, 6.07) is 36.7. The van der Waals surface area contributed by atoms with Crippen molar-refractivity contribution >= 4 is 40.9 Å². The van der Waals surface area contributed by atoms with Gasteiger partial charge in [-0.1, -0.05) is 74.7 Å². The third kappa shape index (κ3) is 10.00. The van der Waals surface area contributed by atoms with Crippen LogP contribution in [0.25, 0.3) is 21.5 Å². The molecule has 0 radical (unpaired) electrons. The molecule has 0 fully saturated rings. The van der Waals surface area contributed by atoms with Gasteiger partial charge in [-0.3, -0.25) is 6.08 Å². The van der Waals surface area contributed by atoms with E-state index >= 15 is 0 Å². The van der Waals surface area contributed by atoms with Crippen molar-refractivity contribution in [2.75, 3.05) is 0 Å². The predicted molar refractivity (Wildman–Crippen MR) is 189 cm³/mol. The quantitative estimate of drug-likeness (QED) is 0.182. The van der Waals surface area contributed by atoms with Crippen LogP contribution in [-0.2, 0) is 24.2 Å². The summed E-state index contributed by atoms with van der Waals surface area (Å²) in [6.07, 6.45) is 6.80. The molecule has 44 heavy (non-hydrogen) atoms. The van der Waals surface area contributed by atoms with Crippen LogP contribution in [0.3, 0.4) is 0 Å². The molecule has 1 aliphatic rings. The van der Waals surface area contributed by atoms with Crippen molar-refractivity contribution < 1.29 is 49.0 Å². The molecule has 5 aromatic carbocycles. The van der Waals surface area contributed by atoms with Crippen LogP contribution < -0.4 is 24.8 Å². The normalized spacial score (nSPS) is 12.5. The van der Waals surface area contributed by atoms with E-state index in [1.165, 1.54) is 71.2 Å². The van der Waals surface area contributed by atoms with E-state index in [1.807, 2.05) is 0 Å². The first kappa shape index (κ1) is 38.2. The SMILES string of the molecule is C[Si](C)(C)C1=C([Si](C)(C)C)C[C-]=C1.Cc1ccc2c(c1)[cH-]c1cc(C)ccc12.[Cl-].[Cl-].[Zr+2]=[C](c1ccccc1)c1ccccc1. The van der Waals surface area contributed by atoms with Gasteiger partial charge in [-0.05, 0) is 21.9 Å². The van der Waals surface area contributed by atoms with Gasteiger partial charge in [0, 0.05) is 0 Å². The van der Waals surface area contributed by atoms with Gasteiger partial charge in [0.15, 0.2) is 0 Å². The van der Waals surface area contributed by atoms with Gasteiger partial charge < -0.3 is 24.8 Å². The summed E-state index contributed by atoms with van der Waals surface area (Å²) in [5.41, 5.74) is 5.32. The predicted octanol–water partition coefficient (Wildman–Crippen LogP) is 4.94. The first-order valence-electron chi connectivity index (χ1n) is 14.9. The van der Waals surface area contributed by atoms with E-state index in [0.717, 1.165) is 6.42 Å². The summed E-state index contributed by atoms with van der Waals surface area (Å²) in [6.45, 7) is 18.9. The molecule has 5 heteroatoms. The monoisotopic (exact) mass is 728 g/mol. The zero-order chi connectivity index (χ0) is 30.5. The van der Waals surface area contributed by atoms with Crippen molar-refractivity contribution in [3.63, 3.8) is 0 Å². The van der Waals surface area contributed by atoms with Gasteiger partial charge >= 0.3 is 99.2 Å². The molecular formula is C39H44Cl2Si2Zr-2. The summed E-state index contributed by atoms with van der Waals surface area (Å²) < 4.78 is 1.42. The maximum absolute atomic E-state index is 3.41. The Labute approximate surface area is 295 Å². The minimum atomic E-state index is -1.10. The van der Waals surface area contributed by atoms with Crippen molar-refractivity contribution in [3.8, 4) is 0 Å². The first-order valence-corrected chi connectivity index (χ1v) is 23.1. The van der Waals surface area contributed by atoms with E-state index in [-0.39, 0.29) is 24.8 Å². The van der Waals surface area contributed by atoms with Gasteiger partial charge in [0.1, 0.15) is 0 Å². The van der Waals surface area contributed by atoms with Gasteiger partial charge in [0.05, 0.1) is 8.07 Å². The summed E-state index contributed by atoms with van der Waals surface area (Å²) in [7, 11) is -2.18. The average molecular weight is 731 g/mol. The van der Waals surface area contributed by atoms with E-state index < -0.39 is 16.1 Å². The molecule has 0 N–H and O–H groups in total. The molecule has 1 aliphatic carbocycles. The summed E-state index contributed by atoms with van der Waals surface area (Å²) >= 11 is 1.46. The Bertz CT molecular complexity index is 1640. The molecule has 6 rings (SSSR count). The molecule has 0 unspecified atom stereocenters. The van der Waals surface area contributed by atoms with E-state index in [4.69, 9.17) is 0 Å². The van der Waals surface area contributed by atoms with Gasteiger partial charge in [-0.25, -0.2) is 11.3 Å². The van der Waals surface area contributed by atoms with Crippen LogP contribution >= 0.6 is 0 Å². The fourth-order valence-corrected chi connectivity index (χ4v) is 11.5. The van der Waals surface area contributed by atoms with Crippen molar-refractivity contribution in [1.82, 2.24) is 0 Å². The molecule has 0 aromatic heterocycles. The Morgan fingerprint density at radius 3 is 1.43 bits per heavy atom. The molecule has 0 saturated heterocycles. The molecule has 0 aliphatic heterocycles. The van der Waals surface area contributed by atoms with Gasteiger partial charge in [-0.2, -0.15) is 5.20 Å². The molecule has 0 bridgehead atoms. The zero-order valence-corrected chi connectivity index (χ0v) is 33.3. The van der Waals surface area contributed by atoms with Crippen LogP contribution in [0.4, 0.5) is 0 Å². The van der Waals surface area contributed by atoms with E-state index in [9.17, 15) is 0 Å². The molecule has 5 aromatic rings. The van der Waals surface area contributed by atoms with Crippen LogP contribution in [0.15, 0.2) is 120 Å². The molecule has 0 atom stereocenters. The Kier molecular flexibility index (Phi) is 14.3. The second-order valence-corrected chi connectivity index (χ2v) is 24.7. The van der Waals surface area contributed by atoms with Crippen molar-refractivity contribution in [1.29, 1.82) is 0 Å². The fourth-order valence-electron chi connectivity index (χ4n) is 5.41. The Morgan fingerprint density at radius 1 is 0.636 bits per heavy atom. The van der Waals surface area contributed by atoms with Crippen LogP contribution in [0.2, 0.25) is 39.3 Å². The van der Waals surface area contributed by atoms with Gasteiger partial charge in [0.25, 0.3) is 0 Å². The molecular weight excluding hydrogens is 687 g/mol. The molecule has 0 spiro atoms. The number of hydrogen-bond acceptors (Lipinski definition) is 0. The fraction of sp³-hybridized carbons (Fsp3) is 0.231. The van der Waals surface area contributed by atoms with Crippen LogP contribution in [0.5, 0.6) is 0 Å². The zero-order valence-electron chi connectivity index (χ0n) is 27.4. The van der Waals surface area contributed by atoms with Crippen LogP contribution in [0, 0.1) is 19.9 Å². The number of benzene rings is 4. The van der Waals surface area contributed by atoms with Gasteiger partial charge in [-0.15, -0.1) is 46.2 Å². The van der Waals surface area contributed by atoms with Crippen LogP contribution in [0.1, 0.15) is 28.7 Å². The topological polar surface area (TPSA) is 0 Å². The Morgan fingerprint density at radius 2 is 1.07 bits per heavy atom. The van der Waals surface area contributed by atoms with E-state index in [2.05, 4.69) is 168 Å². The molecule has 228 valence electrons. The van der Waals surface area contributed by atoms with Crippen molar-refractivity contribution in [2.24, 2.45) is 0 Å². The van der Waals surface area contributed by atoms with E-state index in [0.29, 0.717) is 0 Å².